The third-order valence-electron chi connectivity index (χ3n) is 7.42. The third-order valence-corrected chi connectivity index (χ3v) is 7.42. The number of aryl methyl sites for hydroxylation is 1. The Morgan fingerprint density at radius 3 is 2.42 bits per heavy atom. The second-order valence-corrected chi connectivity index (χ2v) is 9.50. The SMILES string of the molecule is Cc1ccc(C2(C(O)/C=C/[C@H]3CCC(=O)N3CCc3ccc(C(=O)O)cc3)CCCC2)cc1. The summed E-state index contributed by atoms with van der Waals surface area (Å²) < 4.78 is 0. The molecule has 1 amide bonds. The van der Waals surface area contributed by atoms with Gasteiger partial charge in [0.2, 0.25) is 5.91 Å². The Balaban J connectivity index is 1.43. The number of benzene rings is 2. The average molecular weight is 448 g/mol. The van der Waals surface area contributed by atoms with Gasteiger partial charge >= 0.3 is 5.97 Å². The normalized spacial score (nSPS) is 21.1. The quantitative estimate of drug-likeness (QED) is 0.577. The summed E-state index contributed by atoms with van der Waals surface area (Å²) in [5, 5.41) is 20.3. The van der Waals surface area contributed by atoms with E-state index in [-0.39, 0.29) is 22.9 Å². The van der Waals surface area contributed by atoms with Crippen molar-refractivity contribution in [1.29, 1.82) is 0 Å². The highest BCUT2D eigenvalue weighted by atomic mass is 16.4. The van der Waals surface area contributed by atoms with Crippen molar-refractivity contribution in [3.63, 3.8) is 0 Å². The predicted octanol–water partition coefficient (Wildman–Crippen LogP) is 4.66. The molecule has 1 unspecified atom stereocenters. The molecule has 0 spiro atoms. The number of nitrogens with zero attached hydrogens (tertiary/aromatic N) is 1. The van der Waals surface area contributed by atoms with Gasteiger partial charge in [-0.05, 0) is 55.9 Å². The van der Waals surface area contributed by atoms with Crippen molar-refractivity contribution >= 4 is 11.9 Å². The smallest absolute Gasteiger partial charge is 0.335 e. The zero-order chi connectivity index (χ0) is 23.4. The zero-order valence-electron chi connectivity index (χ0n) is 19.2. The van der Waals surface area contributed by atoms with Crippen LogP contribution in [0, 0.1) is 6.92 Å². The number of carboxylic acid groups (broad SMARTS) is 1. The molecule has 2 aliphatic rings. The third kappa shape index (κ3) is 5.03. The van der Waals surface area contributed by atoms with Crippen LogP contribution in [0.4, 0.5) is 0 Å². The van der Waals surface area contributed by atoms with Crippen LogP contribution < -0.4 is 0 Å². The van der Waals surface area contributed by atoms with Gasteiger partial charge in [0.05, 0.1) is 17.7 Å². The van der Waals surface area contributed by atoms with Crippen molar-refractivity contribution in [2.75, 3.05) is 6.54 Å². The molecule has 1 aliphatic carbocycles. The number of rotatable bonds is 8. The number of hydrogen-bond donors (Lipinski definition) is 2. The van der Waals surface area contributed by atoms with Gasteiger partial charge in [-0.25, -0.2) is 4.79 Å². The monoisotopic (exact) mass is 447 g/mol. The van der Waals surface area contributed by atoms with Crippen molar-refractivity contribution in [2.45, 2.75) is 69.4 Å². The minimum absolute atomic E-state index is 0.0121. The Morgan fingerprint density at radius 1 is 1.12 bits per heavy atom. The van der Waals surface area contributed by atoms with Gasteiger partial charge in [0, 0.05) is 18.4 Å². The molecule has 2 fully saturated rings. The predicted molar refractivity (Wildman–Crippen MR) is 128 cm³/mol. The van der Waals surface area contributed by atoms with Crippen LogP contribution in [0.5, 0.6) is 0 Å². The number of likely N-dealkylation sites (tertiary alicyclic amines) is 1. The molecule has 5 heteroatoms. The lowest BCUT2D eigenvalue weighted by Gasteiger charge is -2.34. The summed E-state index contributed by atoms with van der Waals surface area (Å²) in [5.41, 5.74) is 3.44. The van der Waals surface area contributed by atoms with Gasteiger partial charge in [-0.15, -0.1) is 0 Å². The summed E-state index contributed by atoms with van der Waals surface area (Å²) >= 11 is 0. The molecule has 174 valence electrons. The largest absolute Gasteiger partial charge is 0.478 e. The molecule has 33 heavy (non-hydrogen) atoms. The van der Waals surface area contributed by atoms with Crippen molar-refractivity contribution in [3.05, 3.63) is 82.9 Å². The first-order valence-corrected chi connectivity index (χ1v) is 11.9. The summed E-state index contributed by atoms with van der Waals surface area (Å²) in [6.45, 7) is 2.66. The summed E-state index contributed by atoms with van der Waals surface area (Å²) in [4.78, 5) is 25.4. The van der Waals surface area contributed by atoms with E-state index in [1.165, 1.54) is 11.1 Å². The van der Waals surface area contributed by atoms with Crippen molar-refractivity contribution in [2.24, 2.45) is 0 Å². The Labute approximate surface area is 195 Å². The van der Waals surface area contributed by atoms with Gasteiger partial charge in [-0.3, -0.25) is 4.79 Å². The molecule has 2 N–H and O–H groups in total. The Hall–Kier alpha value is -2.92. The van der Waals surface area contributed by atoms with Crippen LogP contribution in [-0.4, -0.2) is 45.7 Å². The number of aromatic carboxylic acids is 1. The molecule has 1 saturated carbocycles. The highest BCUT2D eigenvalue weighted by Crippen LogP contribution is 2.44. The summed E-state index contributed by atoms with van der Waals surface area (Å²) in [5.74, 6) is -0.805. The van der Waals surface area contributed by atoms with E-state index in [1.54, 1.807) is 12.1 Å². The molecule has 0 aromatic heterocycles. The van der Waals surface area contributed by atoms with Crippen LogP contribution >= 0.6 is 0 Å². The minimum Gasteiger partial charge on any atom is -0.478 e. The first-order chi connectivity index (χ1) is 15.9. The first-order valence-electron chi connectivity index (χ1n) is 11.9. The lowest BCUT2D eigenvalue weighted by molar-refractivity contribution is -0.128. The van der Waals surface area contributed by atoms with Crippen LogP contribution in [0.25, 0.3) is 0 Å². The fraction of sp³-hybridized carbons (Fsp3) is 0.429. The number of hydrogen-bond acceptors (Lipinski definition) is 3. The van der Waals surface area contributed by atoms with Crippen LogP contribution in [0.2, 0.25) is 0 Å². The second-order valence-electron chi connectivity index (χ2n) is 9.50. The lowest BCUT2D eigenvalue weighted by atomic mass is 9.73. The number of aliphatic hydroxyl groups is 1. The van der Waals surface area contributed by atoms with E-state index in [0.29, 0.717) is 19.4 Å². The van der Waals surface area contributed by atoms with Crippen LogP contribution in [-0.2, 0) is 16.6 Å². The van der Waals surface area contributed by atoms with Crippen LogP contribution in [0.15, 0.2) is 60.7 Å². The molecule has 1 aliphatic heterocycles. The number of amides is 1. The van der Waals surface area contributed by atoms with E-state index in [0.717, 1.165) is 37.7 Å². The fourth-order valence-electron chi connectivity index (χ4n) is 5.37. The molecular formula is C28H33NO4. The second kappa shape index (κ2) is 9.92. The molecule has 1 saturated heterocycles. The van der Waals surface area contributed by atoms with E-state index in [1.807, 2.05) is 29.2 Å². The summed E-state index contributed by atoms with van der Waals surface area (Å²) in [6, 6.07) is 15.3. The van der Waals surface area contributed by atoms with E-state index in [2.05, 4.69) is 31.2 Å². The number of carbonyl (C=O) groups is 2. The van der Waals surface area contributed by atoms with Gasteiger partial charge in [-0.1, -0.05) is 67.0 Å². The molecule has 5 nitrogen and oxygen atoms in total. The Morgan fingerprint density at radius 2 is 1.79 bits per heavy atom. The minimum atomic E-state index is -0.939. The van der Waals surface area contributed by atoms with Gasteiger partial charge in [-0.2, -0.15) is 0 Å². The van der Waals surface area contributed by atoms with E-state index < -0.39 is 12.1 Å². The van der Waals surface area contributed by atoms with E-state index in [4.69, 9.17) is 5.11 Å². The lowest BCUT2D eigenvalue weighted by Crippen LogP contribution is -2.37. The van der Waals surface area contributed by atoms with Gasteiger partial charge in [0.1, 0.15) is 0 Å². The number of carboxylic acids is 1. The van der Waals surface area contributed by atoms with Crippen LogP contribution in [0.3, 0.4) is 0 Å². The maximum Gasteiger partial charge on any atom is 0.335 e. The highest BCUT2D eigenvalue weighted by molar-refractivity contribution is 5.87. The Kier molecular flexibility index (Phi) is 6.99. The molecule has 4 rings (SSSR count). The standard InChI is InChI=1S/C28H33NO4/c1-20-4-10-23(11-5-20)28(17-2-3-18-28)25(30)14-12-24-13-15-26(31)29(24)19-16-21-6-8-22(9-7-21)27(32)33/h4-12,14,24-25,30H,2-3,13,15-19H2,1H3,(H,32,33)/b14-12+/t24-,25?/m0/s1. The Bertz CT molecular complexity index is 1000. The molecule has 2 aromatic rings. The first kappa shape index (κ1) is 23.2. The van der Waals surface area contributed by atoms with Crippen molar-refractivity contribution < 1.29 is 19.8 Å². The van der Waals surface area contributed by atoms with Crippen molar-refractivity contribution in [1.82, 2.24) is 4.90 Å². The number of carbonyl (C=O) groups excluding carboxylic acids is 1. The summed E-state index contributed by atoms with van der Waals surface area (Å²) in [7, 11) is 0. The highest BCUT2D eigenvalue weighted by Gasteiger charge is 2.41. The molecule has 0 radical (unpaired) electrons. The van der Waals surface area contributed by atoms with E-state index >= 15 is 0 Å². The fourth-order valence-corrected chi connectivity index (χ4v) is 5.37. The molecule has 0 bridgehead atoms. The molecule has 1 heterocycles. The topological polar surface area (TPSA) is 77.8 Å². The van der Waals surface area contributed by atoms with E-state index in [9.17, 15) is 14.7 Å². The molecule has 2 aromatic carbocycles. The van der Waals surface area contributed by atoms with Crippen molar-refractivity contribution in [3.8, 4) is 0 Å². The number of aliphatic hydroxyl groups excluding tert-OH is 1. The van der Waals surface area contributed by atoms with Gasteiger partial charge in [0.25, 0.3) is 0 Å². The van der Waals surface area contributed by atoms with Gasteiger partial charge < -0.3 is 15.1 Å². The maximum absolute atomic E-state index is 12.5. The van der Waals surface area contributed by atoms with Crippen LogP contribution in [0.1, 0.15) is 65.6 Å². The summed E-state index contributed by atoms with van der Waals surface area (Å²) in [6.07, 6.45) is 9.50. The maximum atomic E-state index is 12.5. The molecule has 2 atom stereocenters. The average Bonchev–Trinajstić information content (AvgIpc) is 3.44. The van der Waals surface area contributed by atoms with Gasteiger partial charge in [0.15, 0.2) is 0 Å². The molecular weight excluding hydrogens is 414 g/mol. The zero-order valence-corrected chi connectivity index (χ0v) is 19.2.